The van der Waals surface area contributed by atoms with Crippen LogP contribution in [-0.4, -0.2) is 21.0 Å². The van der Waals surface area contributed by atoms with Gasteiger partial charge in [0, 0.05) is 6.20 Å². The molecular weight excluding hydrogens is 227 g/mol. The van der Waals surface area contributed by atoms with Crippen LogP contribution in [0.1, 0.15) is 24.0 Å². The van der Waals surface area contributed by atoms with E-state index in [4.69, 9.17) is 10.8 Å². The minimum Gasteiger partial charge on any atom is -0.481 e. The van der Waals surface area contributed by atoms with Crippen LogP contribution >= 0.6 is 0 Å². The highest BCUT2D eigenvalue weighted by Gasteiger charge is 2.33. The van der Waals surface area contributed by atoms with Gasteiger partial charge in [0.2, 0.25) is 0 Å². The molecule has 8 heteroatoms. The van der Waals surface area contributed by atoms with Crippen molar-refractivity contribution in [2.45, 2.75) is 18.6 Å². The maximum atomic E-state index is 12.2. The van der Waals surface area contributed by atoms with E-state index in [0.717, 1.165) is 6.20 Å². The predicted octanol–water partition coefficient (Wildman–Crippen LogP) is 0.970. The number of hydrogen-bond donors (Lipinski definition) is 2. The third-order valence-corrected chi connectivity index (χ3v) is 1.69. The normalized spacial score (nSPS) is 13.5. The van der Waals surface area contributed by atoms with E-state index in [1.165, 1.54) is 0 Å². The zero-order valence-electron chi connectivity index (χ0n) is 7.90. The Hall–Kier alpha value is -1.70. The molecule has 1 atom stereocenters. The summed E-state index contributed by atoms with van der Waals surface area (Å²) in [7, 11) is 0. The Morgan fingerprint density at radius 2 is 2.19 bits per heavy atom. The molecule has 0 aliphatic carbocycles. The van der Waals surface area contributed by atoms with Crippen LogP contribution in [-0.2, 0) is 11.0 Å². The molecule has 88 valence electrons. The zero-order valence-corrected chi connectivity index (χ0v) is 7.90. The molecule has 0 amide bonds. The second-order valence-corrected chi connectivity index (χ2v) is 3.00. The van der Waals surface area contributed by atoms with Gasteiger partial charge in [-0.3, -0.25) is 4.79 Å². The molecule has 1 unspecified atom stereocenters. The topological polar surface area (TPSA) is 89.1 Å². The molecule has 1 heterocycles. The molecule has 0 aliphatic heterocycles. The molecule has 1 aromatic heterocycles. The fraction of sp³-hybridized carbons (Fsp3) is 0.375. The fourth-order valence-electron chi connectivity index (χ4n) is 0.990. The van der Waals surface area contributed by atoms with Crippen LogP contribution < -0.4 is 5.73 Å². The predicted molar refractivity (Wildman–Crippen MR) is 46.2 cm³/mol. The van der Waals surface area contributed by atoms with E-state index < -0.39 is 30.3 Å². The number of carboxylic acids is 1. The van der Waals surface area contributed by atoms with E-state index >= 15 is 0 Å². The van der Waals surface area contributed by atoms with Crippen molar-refractivity contribution in [2.75, 3.05) is 0 Å². The van der Waals surface area contributed by atoms with Gasteiger partial charge in [-0.05, 0) is 6.07 Å². The van der Waals surface area contributed by atoms with Crippen molar-refractivity contribution in [3.8, 4) is 0 Å². The van der Waals surface area contributed by atoms with E-state index in [0.29, 0.717) is 6.07 Å². The SMILES string of the molecule is NC(CC(=O)O)c1nccc(C(F)(F)F)n1. The average Bonchev–Trinajstić information content (AvgIpc) is 2.15. The van der Waals surface area contributed by atoms with E-state index in [1.807, 2.05) is 0 Å². The number of nitrogens with two attached hydrogens (primary N) is 1. The first kappa shape index (κ1) is 12.4. The molecule has 0 saturated heterocycles. The number of rotatable bonds is 3. The summed E-state index contributed by atoms with van der Waals surface area (Å²) in [5.74, 6) is -1.56. The maximum absolute atomic E-state index is 12.2. The van der Waals surface area contributed by atoms with Gasteiger partial charge in [-0.25, -0.2) is 9.97 Å². The van der Waals surface area contributed by atoms with E-state index in [2.05, 4.69) is 9.97 Å². The van der Waals surface area contributed by atoms with Crippen LogP contribution in [0.4, 0.5) is 13.2 Å². The zero-order chi connectivity index (χ0) is 12.3. The largest absolute Gasteiger partial charge is 0.481 e. The van der Waals surface area contributed by atoms with Gasteiger partial charge in [-0.15, -0.1) is 0 Å². The monoisotopic (exact) mass is 235 g/mol. The van der Waals surface area contributed by atoms with Crippen LogP contribution in [0.15, 0.2) is 12.3 Å². The van der Waals surface area contributed by atoms with E-state index in [-0.39, 0.29) is 5.82 Å². The first-order valence-electron chi connectivity index (χ1n) is 4.18. The van der Waals surface area contributed by atoms with Crippen LogP contribution in [0.3, 0.4) is 0 Å². The molecule has 5 nitrogen and oxygen atoms in total. The first-order valence-corrected chi connectivity index (χ1v) is 4.18. The summed E-state index contributed by atoms with van der Waals surface area (Å²) in [4.78, 5) is 17.0. The number of halogens is 3. The average molecular weight is 235 g/mol. The summed E-state index contributed by atoms with van der Waals surface area (Å²) in [6.45, 7) is 0. The van der Waals surface area contributed by atoms with Gasteiger partial charge in [-0.1, -0.05) is 0 Å². The second kappa shape index (κ2) is 4.44. The molecule has 0 aliphatic rings. The number of carboxylic acid groups (broad SMARTS) is 1. The van der Waals surface area contributed by atoms with Gasteiger partial charge < -0.3 is 10.8 Å². The van der Waals surface area contributed by atoms with Gasteiger partial charge in [0.25, 0.3) is 0 Å². The molecule has 0 fully saturated rings. The summed E-state index contributed by atoms with van der Waals surface area (Å²) in [5, 5.41) is 8.42. The number of aliphatic carboxylic acids is 1. The summed E-state index contributed by atoms with van der Waals surface area (Å²) in [6, 6.07) is -0.462. The van der Waals surface area contributed by atoms with Crippen molar-refractivity contribution < 1.29 is 23.1 Å². The smallest absolute Gasteiger partial charge is 0.433 e. The Bertz CT molecular complexity index is 394. The molecule has 0 radical (unpaired) electrons. The molecule has 0 saturated carbocycles. The Balaban J connectivity index is 2.94. The number of hydrogen-bond acceptors (Lipinski definition) is 4. The van der Waals surface area contributed by atoms with Crippen molar-refractivity contribution in [2.24, 2.45) is 5.73 Å². The molecule has 0 aromatic carbocycles. The summed E-state index contributed by atoms with van der Waals surface area (Å²) >= 11 is 0. The van der Waals surface area contributed by atoms with E-state index in [9.17, 15) is 18.0 Å². The van der Waals surface area contributed by atoms with Crippen LogP contribution in [0.2, 0.25) is 0 Å². The molecule has 1 aromatic rings. The lowest BCUT2D eigenvalue weighted by atomic mass is 10.2. The lowest BCUT2D eigenvalue weighted by Crippen LogP contribution is -2.20. The Morgan fingerprint density at radius 1 is 1.56 bits per heavy atom. The van der Waals surface area contributed by atoms with Crippen molar-refractivity contribution in [1.29, 1.82) is 0 Å². The standard InChI is InChI=1S/C8H8F3N3O2/c9-8(10,11)5-1-2-13-7(14-5)4(12)3-6(15)16/h1-2,4H,3,12H2,(H,15,16). The van der Waals surface area contributed by atoms with Crippen molar-refractivity contribution in [3.63, 3.8) is 0 Å². The fourth-order valence-corrected chi connectivity index (χ4v) is 0.990. The van der Waals surface area contributed by atoms with Crippen LogP contribution in [0, 0.1) is 0 Å². The summed E-state index contributed by atoms with van der Waals surface area (Å²) in [5.41, 5.74) is 4.19. The quantitative estimate of drug-likeness (QED) is 0.814. The molecule has 1 rings (SSSR count). The van der Waals surface area contributed by atoms with E-state index in [1.54, 1.807) is 0 Å². The molecule has 16 heavy (non-hydrogen) atoms. The summed E-state index contributed by atoms with van der Waals surface area (Å²) < 4.78 is 36.7. The molecule has 0 spiro atoms. The minimum absolute atomic E-state index is 0.336. The van der Waals surface area contributed by atoms with Crippen molar-refractivity contribution in [1.82, 2.24) is 9.97 Å². The number of carbonyl (C=O) groups is 1. The van der Waals surface area contributed by atoms with Gasteiger partial charge in [0.15, 0.2) is 0 Å². The maximum Gasteiger partial charge on any atom is 0.433 e. The number of alkyl halides is 3. The van der Waals surface area contributed by atoms with Crippen molar-refractivity contribution >= 4 is 5.97 Å². The highest BCUT2D eigenvalue weighted by molar-refractivity contribution is 5.67. The summed E-state index contributed by atoms with van der Waals surface area (Å²) in [6.07, 6.45) is -4.23. The Labute approximate surface area is 88.1 Å². The van der Waals surface area contributed by atoms with Crippen LogP contribution in [0.25, 0.3) is 0 Å². The first-order chi connectivity index (χ1) is 7.30. The second-order valence-electron chi connectivity index (χ2n) is 3.00. The molecule has 0 bridgehead atoms. The van der Waals surface area contributed by atoms with Gasteiger partial charge in [-0.2, -0.15) is 13.2 Å². The molecule has 3 N–H and O–H groups in total. The van der Waals surface area contributed by atoms with Gasteiger partial charge in [0.05, 0.1) is 12.5 Å². The van der Waals surface area contributed by atoms with Gasteiger partial charge in [0.1, 0.15) is 11.5 Å². The third kappa shape index (κ3) is 3.16. The lowest BCUT2D eigenvalue weighted by Gasteiger charge is -2.10. The third-order valence-electron chi connectivity index (χ3n) is 1.69. The highest BCUT2D eigenvalue weighted by Crippen LogP contribution is 2.27. The minimum atomic E-state index is -4.60. The molecular formula is C8H8F3N3O2. The highest BCUT2D eigenvalue weighted by atomic mass is 19.4. The number of nitrogens with zero attached hydrogens (tertiary/aromatic N) is 2. The van der Waals surface area contributed by atoms with Crippen molar-refractivity contribution in [3.05, 3.63) is 23.8 Å². The van der Waals surface area contributed by atoms with Crippen LogP contribution in [0.5, 0.6) is 0 Å². The number of aromatic nitrogens is 2. The Morgan fingerprint density at radius 3 is 2.69 bits per heavy atom. The van der Waals surface area contributed by atoms with Gasteiger partial charge >= 0.3 is 12.1 Å². The Kier molecular flexibility index (Phi) is 3.43. The lowest BCUT2D eigenvalue weighted by molar-refractivity contribution is -0.141.